The third kappa shape index (κ3) is 7.30. The molecule has 30 heavy (non-hydrogen) atoms. The minimum atomic E-state index is -0.376. The van der Waals surface area contributed by atoms with Crippen LogP contribution in [0.4, 0.5) is 5.95 Å². The fraction of sp³-hybridized carbons (Fsp3) is 0.478. The lowest BCUT2D eigenvalue weighted by Crippen LogP contribution is -2.30. The highest BCUT2D eigenvalue weighted by atomic mass is 127. The Bertz CT molecular complexity index is 931. The van der Waals surface area contributed by atoms with Gasteiger partial charge in [-0.15, -0.1) is 0 Å². The molecule has 0 aliphatic rings. The van der Waals surface area contributed by atoms with E-state index in [1.165, 1.54) is 11.1 Å². The highest BCUT2D eigenvalue weighted by molar-refractivity contribution is 14.2. The summed E-state index contributed by atoms with van der Waals surface area (Å²) < 4.78 is 16.0. The van der Waals surface area contributed by atoms with Gasteiger partial charge in [0.25, 0.3) is 0 Å². The Morgan fingerprint density at radius 3 is 2.43 bits per heavy atom. The summed E-state index contributed by atoms with van der Waals surface area (Å²) in [6.45, 7) is 13.5. The zero-order valence-electron chi connectivity index (χ0n) is 18.8. The molecule has 0 saturated heterocycles. The van der Waals surface area contributed by atoms with E-state index in [1.807, 2.05) is 13.8 Å². The quantitative estimate of drug-likeness (QED) is 0.361. The van der Waals surface area contributed by atoms with Crippen LogP contribution in [0.1, 0.15) is 38.8 Å². The Morgan fingerprint density at radius 2 is 1.83 bits per heavy atom. The van der Waals surface area contributed by atoms with Crippen LogP contribution in [0.25, 0.3) is 10.2 Å². The summed E-state index contributed by atoms with van der Waals surface area (Å²) in [5.74, 6) is 0.545. The van der Waals surface area contributed by atoms with Gasteiger partial charge in [0, 0.05) is 17.7 Å². The van der Waals surface area contributed by atoms with Crippen LogP contribution in [0.15, 0.2) is 24.3 Å². The molecule has 0 atom stereocenters. The number of benzene rings is 1. The number of aromatic nitrogens is 2. The Morgan fingerprint density at radius 1 is 1.17 bits per heavy atom. The summed E-state index contributed by atoms with van der Waals surface area (Å²) in [7, 11) is 1.68. The highest BCUT2D eigenvalue weighted by Crippen LogP contribution is 2.10. The molecule has 1 aromatic carbocycles. The number of nitrogens with zero attached hydrogens (tertiary/aromatic N) is 3. The normalized spacial score (nSPS) is 13.9. The van der Waals surface area contributed by atoms with Crippen molar-refractivity contribution >= 4 is 40.5 Å². The molecule has 6 nitrogen and oxygen atoms in total. The second kappa shape index (κ2) is 13.0. The number of anilines is 1. The van der Waals surface area contributed by atoms with Crippen LogP contribution in [0, 0.1) is 0 Å². The van der Waals surface area contributed by atoms with Crippen LogP contribution in [0.2, 0.25) is 0 Å². The first kappa shape index (κ1) is 24.7. The molecule has 1 aromatic heterocycles. The molecular formula is C23H35IN4O2. The van der Waals surface area contributed by atoms with E-state index >= 15 is 0 Å². The summed E-state index contributed by atoms with van der Waals surface area (Å²) in [4.78, 5) is 7.02. The van der Waals surface area contributed by atoms with Crippen molar-refractivity contribution in [1.82, 2.24) is 14.5 Å². The zero-order valence-corrected chi connectivity index (χ0v) is 21.0. The second-order valence-electron chi connectivity index (χ2n) is 6.92. The second-order valence-corrected chi connectivity index (χ2v) is 9.69. The molecular weight excluding hydrogens is 491 g/mol. The van der Waals surface area contributed by atoms with Crippen molar-refractivity contribution in [2.24, 2.45) is 0 Å². The lowest BCUT2D eigenvalue weighted by molar-refractivity contribution is 0.143. The topological polar surface area (TPSA) is 65.5 Å². The Kier molecular flexibility index (Phi) is 10.7. The van der Waals surface area contributed by atoms with E-state index in [0.29, 0.717) is 25.7 Å². The van der Waals surface area contributed by atoms with E-state index in [1.54, 1.807) is 7.11 Å². The summed E-state index contributed by atoms with van der Waals surface area (Å²) in [6, 6.07) is 8.81. The molecule has 166 valence electrons. The van der Waals surface area contributed by atoms with Crippen LogP contribution >= 0.6 is 20.7 Å². The first-order valence-electron chi connectivity index (χ1n) is 10.4. The van der Waals surface area contributed by atoms with Crippen molar-refractivity contribution in [2.75, 3.05) is 39.1 Å². The zero-order chi connectivity index (χ0) is 21.9. The van der Waals surface area contributed by atoms with Gasteiger partial charge in [-0.25, -0.2) is 4.98 Å². The predicted molar refractivity (Wildman–Crippen MR) is 135 cm³/mol. The Labute approximate surface area is 190 Å². The number of halogens is 1. The van der Waals surface area contributed by atoms with Crippen LogP contribution in [-0.4, -0.2) is 51.6 Å². The minimum Gasteiger partial charge on any atom is -0.382 e. The molecule has 0 amide bonds. The van der Waals surface area contributed by atoms with Crippen molar-refractivity contribution in [3.63, 3.8) is 0 Å². The molecule has 0 saturated carbocycles. The van der Waals surface area contributed by atoms with E-state index in [0.717, 1.165) is 34.0 Å². The van der Waals surface area contributed by atoms with E-state index in [2.05, 4.69) is 62.7 Å². The Hall–Kier alpha value is -1.55. The third-order valence-electron chi connectivity index (χ3n) is 4.90. The van der Waals surface area contributed by atoms with E-state index in [4.69, 9.17) is 15.2 Å². The molecule has 0 bridgehead atoms. The number of hydrogen-bond donors (Lipinski definition) is 1. The van der Waals surface area contributed by atoms with Gasteiger partial charge < -0.3 is 19.8 Å². The largest absolute Gasteiger partial charge is 0.382 e. The molecule has 2 rings (SSSR count). The smallest absolute Gasteiger partial charge is 0.201 e. The molecule has 0 unspecified atom stereocenters. The number of hydrogen-bond acceptors (Lipinski definition) is 5. The van der Waals surface area contributed by atoms with Crippen molar-refractivity contribution in [2.45, 2.75) is 40.8 Å². The maximum absolute atomic E-state index is 6.26. The van der Waals surface area contributed by atoms with Crippen molar-refractivity contribution < 1.29 is 9.47 Å². The SMILES string of the molecule is C/C=c1/c(=C\I=C(C)OCCOC)nc(N)n1Cc1ccc(CN(CC)CC)cc1. The molecule has 0 spiro atoms. The molecule has 1 heterocycles. The van der Waals surface area contributed by atoms with Gasteiger partial charge in [-0.3, -0.25) is 4.90 Å². The fourth-order valence-electron chi connectivity index (χ4n) is 3.12. The molecule has 7 heteroatoms. The van der Waals surface area contributed by atoms with Gasteiger partial charge in [0.1, 0.15) is 0 Å². The van der Waals surface area contributed by atoms with Gasteiger partial charge in [0.2, 0.25) is 5.95 Å². The van der Waals surface area contributed by atoms with Gasteiger partial charge >= 0.3 is 0 Å². The summed E-state index contributed by atoms with van der Waals surface area (Å²) in [5, 5.41) is 2.00. The van der Waals surface area contributed by atoms with Gasteiger partial charge in [0.15, 0.2) is 0 Å². The van der Waals surface area contributed by atoms with E-state index < -0.39 is 0 Å². The average Bonchev–Trinajstić information content (AvgIpc) is 3.06. The van der Waals surface area contributed by atoms with Crippen molar-refractivity contribution in [3.8, 4) is 0 Å². The van der Waals surface area contributed by atoms with Crippen molar-refractivity contribution in [1.29, 1.82) is 0 Å². The fourth-order valence-corrected chi connectivity index (χ4v) is 4.71. The molecule has 0 radical (unpaired) electrons. The van der Waals surface area contributed by atoms with Crippen LogP contribution in [-0.2, 0) is 22.6 Å². The summed E-state index contributed by atoms with van der Waals surface area (Å²) >= 11 is -0.376. The lowest BCUT2D eigenvalue weighted by atomic mass is 10.1. The van der Waals surface area contributed by atoms with Crippen molar-refractivity contribution in [3.05, 3.63) is 46.1 Å². The maximum atomic E-state index is 6.26. The van der Waals surface area contributed by atoms with E-state index in [9.17, 15) is 0 Å². The van der Waals surface area contributed by atoms with Crippen LogP contribution < -0.4 is 16.4 Å². The first-order chi connectivity index (χ1) is 14.5. The molecule has 0 aliphatic carbocycles. The number of nitrogen functional groups attached to an aromatic ring is 1. The highest BCUT2D eigenvalue weighted by Gasteiger charge is 2.06. The van der Waals surface area contributed by atoms with Gasteiger partial charge in [-0.1, -0.05) is 64.9 Å². The minimum absolute atomic E-state index is 0.376. The van der Waals surface area contributed by atoms with Gasteiger partial charge in [-0.05, 0) is 38.1 Å². The first-order valence-corrected chi connectivity index (χ1v) is 12.7. The summed E-state index contributed by atoms with van der Waals surface area (Å²) in [6.07, 6.45) is 2.08. The maximum Gasteiger partial charge on any atom is 0.201 e. The number of ether oxygens (including phenoxy) is 2. The van der Waals surface area contributed by atoms with Gasteiger partial charge in [-0.2, -0.15) is 0 Å². The molecule has 2 aromatic rings. The number of rotatable bonds is 11. The molecule has 2 N–H and O–H groups in total. The van der Waals surface area contributed by atoms with Gasteiger partial charge in [0.05, 0.1) is 34.2 Å². The third-order valence-corrected chi connectivity index (χ3v) is 6.99. The van der Waals surface area contributed by atoms with Crippen LogP contribution in [0.5, 0.6) is 0 Å². The number of imidazole rings is 1. The van der Waals surface area contributed by atoms with Crippen LogP contribution in [0.3, 0.4) is 0 Å². The Balaban J connectivity index is 2.19. The molecule has 0 aliphatic heterocycles. The van der Waals surface area contributed by atoms with E-state index in [-0.39, 0.29) is 20.7 Å². The lowest BCUT2D eigenvalue weighted by Gasteiger charge is -2.18. The predicted octanol–water partition coefficient (Wildman–Crippen LogP) is 2.68. The monoisotopic (exact) mass is 526 g/mol. The number of nitrogens with two attached hydrogens (primary N) is 1. The standard InChI is InChI=1S/C23H35IN4O2/c1-6-22-21(15-24-18(4)30-14-13-29-5)26-23(25)28(22)17-20-11-9-19(10-12-20)16-27(7-2)8-3/h6,9-12,15H,7-8,13-14,16-17H2,1-5H3,(H2,25,26)/b21-15+,22-6-. The molecule has 0 fully saturated rings. The average molecular weight is 526 g/mol. The summed E-state index contributed by atoms with van der Waals surface area (Å²) in [5.41, 5.74) is 8.82. The number of methoxy groups -OCH3 is 1.